The van der Waals surface area contributed by atoms with Crippen molar-refractivity contribution in [2.45, 2.75) is 26.5 Å². The predicted molar refractivity (Wildman–Crippen MR) is 115 cm³/mol. The Hall–Kier alpha value is -2.46. The molecule has 0 amide bonds. The Morgan fingerprint density at radius 2 is 1.67 bits per heavy atom. The number of benzene rings is 3. The third-order valence-electron chi connectivity index (χ3n) is 4.40. The van der Waals surface area contributed by atoms with Gasteiger partial charge in [-0.05, 0) is 57.2 Å². The second-order valence-corrected chi connectivity index (χ2v) is 7.10. The molecule has 0 radical (unpaired) electrons. The highest BCUT2D eigenvalue weighted by molar-refractivity contribution is 9.10. The molecule has 0 aliphatic rings. The second-order valence-electron chi connectivity index (χ2n) is 6.25. The molecule has 0 fully saturated rings. The minimum atomic E-state index is 0.497. The van der Waals surface area contributed by atoms with E-state index in [1.807, 2.05) is 36.4 Å². The summed E-state index contributed by atoms with van der Waals surface area (Å²) in [6.07, 6.45) is 1.00. The van der Waals surface area contributed by atoms with Crippen LogP contribution >= 0.6 is 15.9 Å². The number of rotatable bonds is 8. The molecule has 0 aromatic heterocycles. The third-order valence-corrected chi connectivity index (χ3v) is 4.99. The fourth-order valence-electron chi connectivity index (χ4n) is 2.94. The zero-order valence-corrected chi connectivity index (χ0v) is 17.3. The van der Waals surface area contributed by atoms with Gasteiger partial charge in [-0.2, -0.15) is 0 Å². The fraction of sp³-hybridized carbons (Fsp3) is 0.217. The number of hydrogen-bond acceptors (Lipinski definition) is 3. The van der Waals surface area contributed by atoms with E-state index in [1.165, 1.54) is 11.3 Å². The van der Waals surface area contributed by atoms with Gasteiger partial charge in [0.05, 0.1) is 11.6 Å². The van der Waals surface area contributed by atoms with Crippen LogP contribution in [0.1, 0.15) is 23.6 Å². The largest absolute Gasteiger partial charge is 0.493 e. The van der Waals surface area contributed by atoms with E-state index in [2.05, 4.69) is 58.5 Å². The molecule has 0 saturated carbocycles. The van der Waals surface area contributed by atoms with Crippen molar-refractivity contribution in [3.8, 4) is 11.5 Å². The van der Waals surface area contributed by atoms with Crippen molar-refractivity contribution in [3.63, 3.8) is 0 Å². The van der Waals surface area contributed by atoms with Gasteiger partial charge in [-0.25, -0.2) is 0 Å². The smallest absolute Gasteiger partial charge is 0.175 e. The number of aryl methyl sites for hydroxylation is 1. The summed E-state index contributed by atoms with van der Waals surface area (Å²) in [5, 5.41) is 3.52. The first-order valence-corrected chi connectivity index (χ1v) is 9.85. The van der Waals surface area contributed by atoms with Crippen molar-refractivity contribution < 1.29 is 9.47 Å². The molecule has 0 atom stereocenters. The first-order chi connectivity index (χ1) is 13.2. The number of halogens is 1. The van der Waals surface area contributed by atoms with E-state index >= 15 is 0 Å². The summed E-state index contributed by atoms with van der Waals surface area (Å²) < 4.78 is 12.5. The first kappa shape index (κ1) is 19.3. The van der Waals surface area contributed by atoms with Crippen LogP contribution in [0.2, 0.25) is 0 Å². The summed E-state index contributed by atoms with van der Waals surface area (Å²) in [5.41, 5.74) is 4.72. The molecule has 27 heavy (non-hydrogen) atoms. The number of ether oxygens (including phenoxy) is 2. The average Bonchev–Trinajstić information content (AvgIpc) is 2.72. The minimum absolute atomic E-state index is 0.497. The highest BCUT2D eigenvalue weighted by Gasteiger charge is 2.12. The van der Waals surface area contributed by atoms with Gasteiger partial charge in [0.2, 0.25) is 0 Å². The van der Waals surface area contributed by atoms with Crippen molar-refractivity contribution in [1.29, 1.82) is 0 Å². The van der Waals surface area contributed by atoms with Crippen LogP contribution < -0.4 is 14.8 Å². The fourth-order valence-corrected chi connectivity index (χ4v) is 3.55. The number of para-hydroxylation sites is 1. The maximum atomic E-state index is 6.01. The van der Waals surface area contributed by atoms with Gasteiger partial charge in [-0.1, -0.05) is 55.5 Å². The first-order valence-electron chi connectivity index (χ1n) is 9.06. The summed E-state index contributed by atoms with van der Waals surface area (Å²) in [4.78, 5) is 0. The standard InChI is InChI=1S/C23H24BrNO2/c1-3-19-11-7-8-12-21(19)25-15-18-13-20(24)23(22(14-18)26-2)27-16-17-9-5-4-6-10-17/h4-14,25H,3,15-16H2,1-2H3. The van der Waals surface area contributed by atoms with Gasteiger partial charge in [0.15, 0.2) is 11.5 Å². The van der Waals surface area contributed by atoms with Crippen LogP contribution in [-0.4, -0.2) is 7.11 Å². The van der Waals surface area contributed by atoms with Crippen LogP contribution in [0.15, 0.2) is 71.2 Å². The van der Waals surface area contributed by atoms with Gasteiger partial charge in [0.25, 0.3) is 0 Å². The molecular weight excluding hydrogens is 402 g/mol. The van der Waals surface area contributed by atoms with Crippen molar-refractivity contribution in [2.75, 3.05) is 12.4 Å². The summed E-state index contributed by atoms with van der Waals surface area (Å²) in [6, 6.07) is 22.6. The monoisotopic (exact) mass is 425 g/mol. The van der Waals surface area contributed by atoms with Crippen LogP contribution in [0, 0.1) is 0 Å². The lowest BCUT2D eigenvalue weighted by atomic mass is 10.1. The molecule has 0 unspecified atom stereocenters. The van der Waals surface area contributed by atoms with E-state index in [0.717, 1.165) is 33.5 Å². The predicted octanol–water partition coefficient (Wildman–Crippen LogP) is 6.21. The van der Waals surface area contributed by atoms with E-state index in [1.54, 1.807) is 7.11 Å². The van der Waals surface area contributed by atoms with Crippen molar-refractivity contribution in [3.05, 3.63) is 87.9 Å². The van der Waals surface area contributed by atoms with Gasteiger partial charge >= 0.3 is 0 Å². The zero-order chi connectivity index (χ0) is 19.1. The lowest BCUT2D eigenvalue weighted by Gasteiger charge is -2.16. The SMILES string of the molecule is CCc1ccccc1NCc1cc(Br)c(OCc2ccccc2)c(OC)c1. The molecule has 3 aromatic carbocycles. The summed E-state index contributed by atoms with van der Waals surface area (Å²) >= 11 is 3.63. The number of nitrogens with one attached hydrogen (secondary N) is 1. The van der Waals surface area contributed by atoms with E-state index in [4.69, 9.17) is 9.47 Å². The number of hydrogen-bond donors (Lipinski definition) is 1. The molecule has 3 aromatic rings. The Kier molecular flexibility index (Phi) is 6.77. The Labute approximate surface area is 169 Å². The quantitative estimate of drug-likeness (QED) is 0.465. The number of methoxy groups -OCH3 is 1. The minimum Gasteiger partial charge on any atom is -0.493 e. The van der Waals surface area contributed by atoms with Crippen LogP contribution in [-0.2, 0) is 19.6 Å². The van der Waals surface area contributed by atoms with Crippen LogP contribution in [0.25, 0.3) is 0 Å². The van der Waals surface area contributed by atoms with E-state index in [0.29, 0.717) is 13.2 Å². The zero-order valence-electron chi connectivity index (χ0n) is 15.7. The maximum Gasteiger partial charge on any atom is 0.175 e. The third kappa shape index (κ3) is 5.04. The van der Waals surface area contributed by atoms with Crippen molar-refractivity contribution in [2.24, 2.45) is 0 Å². The van der Waals surface area contributed by atoms with E-state index < -0.39 is 0 Å². The molecule has 0 heterocycles. The van der Waals surface area contributed by atoms with Crippen molar-refractivity contribution in [1.82, 2.24) is 0 Å². The molecule has 0 aliphatic carbocycles. The molecule has 0 aliphatic heterocycles. The van der Waals surface area contributed by atoms with Gasteiger partial charge in [-0.3, -0.25) is 0 Å². The summed E-state index contributed by atoms with van der Waals surface area (Å²) in [7, 11) is 1.67. The van der Waals surface area contributed by atoms with Crippen LogP contribution in [0.5, 0.6) is 11.5 Å². The molecule has 3 rings (SSSR count). The maximum absolute atomic E-state index is 6.01. The normalized spacial score (nSPS) is 10.5. The number of anilines is 1. The Morgan fingerprint density at radius 1 is 0.926 bits per heavy atom. The van der Waals surface area contributed by atoms with Crippen molar-refractivity contribution >= 4 is 21.6 Å². The molecule has 0 bridgehead atoms. The molecule has 4 heteroatoms. The molecule has 3 nitrogen and oxygen atoms in total. The lowest BCUT2D eigenvalue weighted by molar-refractivity contribution is 0.282. The Bertz CT molecular complexity index is 881. The van der Waals surface area contributed by atoms with E-state index in [9.17, 15) is 0 Å². The molecule has 140 valence electrons. The second kappa shape index (κ2) is 9.47. The van der Waals surface area contributed by atoms with Crippen LogP contribution in [0.3, 0.4) is 0 Å². The lowest BCUT2D eigenvalue weighted by Crippen LogP contribution is -2.04. The van der Waals surface area contributed by atoms with E-state index in [-0.39, 0.29) is 0 Å². The molecule has 1 N–H and O–H groups in total. The Balaban J connectivity index is 1.73. The Morgan fingerprint density at radius 3 is 2.41 bits per heavy atom. The molecule has 0 saturated heterocycles. The van der Waals surface area contributed by atoms with Gasteiger partial charge < -0.3 is 14.8 Å². The average molecular weight is 426 g/mol. The van der Waals surface area contributed by atoms with Crippen LogP contribution in [0.4, 0.5) is 5.69 Å². The molecular formula is C23H24BrNO2. The highest BCUT2D eigenvalue weighted by atomic mass is 79.9. The highest BCUT2D eigenvalue weighted by Crippen LogP contribution is 2.37. The van der Waals surface area contributed by atoms with Gasteiger partial charge in [-0.15, -0.1) is 0 Å². The van der Waals surface area contributed by atoms with Gasteiger partial charge in [0, 0.05) is 12.2 Å². The van der Waals surface area contributed by atoms with Gasteiger partial charge in [0.1, 0.15) is 6.61 Å². The summed E-state index contributed by atoms with van der Waals surface area (Å²) in [6.45, 7) is 3.38. The molecule has 0 spiro atoms. The topological polar surface area (TPSA) is 30.5 Å². The summed E-state index contributed by atoms with van der Waals surface area (Å²) in [5.74, 6) is 1.44.